The minimum absolute atomic E-state index is 0.0705. The van der Waals surface area contributed by atoms with E-state index in [-0.39, 0.29) is 17.3 Å². The van der Waals surface area contributed by atoms with Crippen molar-refractivity contribution in [2.45, 2.75) is 12.8 Å². The summed E-state index contributed by atoms with van der Waals surface area (Å²) in [6, 6.07) is 8.71. The van der Waals surface area contributed by atoms with E-state index in [9.17, 15) is 14.5 Å². The van der Waals surface area contributed by atoms with Crippen molar-refractivity contribution in [3.05, 3.63) is 64.4 Å². The van der Waals surface area contributed by atoms with Gasteiger partial charge in [0.05, 0.1) is 4.92 Å². The van der Waals surface area contributed by atoms with Crippen LogP contribution in [0.25, 0.3) is 11.4 Å². The lowest BCUT2D eigenvalue weighted by atomic mass is 10.2. The van der Waals surface area contributed by atoms with E-state index in [4.69, 9.17) is 4.52 Å². The van der Waals surface area contributed by atoms with Crippen molar-refractivity contribution in [1.82, 2.24) is 15.1 Å². The number of hydrogen-bond donors (Lipinski definition) is 1. The van der Waals surface area contributed by atoms with Gasteiger partial charge in [-0.05, 0) is 36.8 Å². The van der Waals surface area contributed by atoms with Gasteiger partial charge < -0.3 is 9.84 Å². The maximum absolute atomic E-state index is 12.9. The van der Waals surface area contributed by atoms with Crippen LogP contribution in [0.2, 0.25) is 0 Å². The number of halogens is 1. The van der Waals surface area contributed by atoms with Gasteiger partial charge in [-0.25, -0.2) is 9.37 Å². The molecule has 3 rings (SSSR count). The van der Waals surface area contributed by atoms with Crippen LogP contribution in [0, 0.1) is 15.9 Å². The molecule has 0 amide bonds. The van der Waals surface area contributed by atoms with Crippen LogP contribution in [0.1, 0.15) is 12.3 Å². The quantitative estimate of drug-likeness (QED) is 0.399. The van der Waals surface area contributed by atoms with Crippen LogP contribution in [0.15, 0.2) is 47.1 Å². The highest BCUT2D eigenvalue weighted by Gasteiger charge is 2.13. The Morgan fingerprint density at radius 2 is 2.04 bits per heavy atom. The van der Waals surface area contributed by atoms with Crippen LogP contribution in [-0.4, -0.2) is 26.6 Å². The highest BCUT2D eigenvalue weighted by atomic mass is 19.1. The standard InChI is InChI=1S/C16H14FN5O3/c17-12-7-5-11(6-8-12)15-20-14(25-21-15)4-2-10-19-16-13(22(23)24)3-1-9-18-16/h1,3,5-9H,2,4,10H2,(H,18,19). The number of nitro groups is 1. The van der Waals surface area contributed by atoms with Gasteiger partial charge >= 0.3 is 5.69 Å². The maximum atomic E-state index is 12.9. The first-order valence-electron chi connectivity index (χ1n) is 7.55. The number of nitrogens with one attached hydrogen (secondary N) is 1. The molecule has 0 radical (unpaired) electrons. The second kappa shape index (κ2) is 7.47. The second-order valence-electron chi connectivity index (χ2n) is 5.18. The summed E-state index contributed by atoms with van der Waals surface area (Å²) >= 11 is 0. The zero-order valence-corrected chi connectivity index (χ0v) is 13.1. The molecule has 0 aliphatic heterocycles. The van der Waals surface area contributed by atoms with E-state index in [0.717, 1.165) is 0 Å². The molecule has 0 spiro atoms. The van der Waals surface area contributed by atoms with Crippen LogP contribution < -0.4 is 5.32 Å². The second-order valence-corrected chi connectivity index (χ2v) is 5.18. The molecule has 0 atom stereocenters. The molecular weight excluding hydrogens is 329 g/mol. The Kier molecular flexibility index (Phi) is 4.93. The number of nitrogens with zero attached hydrogens (tertiary/aromatic N) is 4. The summed E-state index contributed by atoms with van der Waals surface area (Å²) in [6.07, 6.45) is 2.61. The highest BCUT2D eigenvalue weighted by molar-refractivity contribution is 5.55. The monoisotopic (exact) mass is 343 g/mol. The first-order valence-corrected chi connectivity index (χ1v) is 7.55. The molecule has 25 heavy (non-hydrogen) atoms. The fourth-order valence-electron chi connectivity index (χ4n) is 2.20. The zero-order valence-electron chi connectivity index (χ0n) is 13.1. The smallest absolute Gasteiger partial charge is 0.311 e. The summed E-state index contributed by atoms with van der Waals surface area (Å²) in [6.45, 7) is 0.464. The SMILES string of the molecule is O=[N+]([O-])c1cccnc1NCCCc1nc(-c2ccc(F)cc2)no1. The zero-order chi connectivity index (χ0) is 17.6. The first kappa shape index (κ1) is 16.5. The summed E-state index contributed by atoms with van der Waals surface area (Å²) in [7, 11) is 0. The summed E-state index contributed by atoms with van der Waals surface area (Å²) in [5.74, 6) is 0.729. The third kappa shape index (κ3) is 4.14. The Bertz CT molecular complexity index is 866. The topological polar surface area (TPSA) is 107 Å². The molecule has 2 heterocycles. The minimum Gasteiger partial charge on any atom is -0.364 e. The van der Waals surface area contributed by atoms with Gasteiger partial charge in [0.2, 0.25) is 17.5 Å². The van der Waals surface area contributed by atoms with Crippen molar-refractivity contribution in [3.8, 4) is 11.4 Å². The fraction of sp³-hybridized carbons (Fsp3) is 0.188. The molecule has 9 heteroatoms. The van der Waals surface area contributed by atoms with Gasteiger partial charge in [-0.2, -0.15) is 4.98 Å². The van der Waals surface area contributed by atoms with Crippen molar-refractivity contribution in [2.24, 2.45) is 0 Å². The van der Waals surface area contributed by atoms with E-state index < -0.39 is 4.92 Å². The molecular formula is C16H14FN5O3. The van der Waals surface area contributed by atoms with Crippen molar-refractivity contribution in [3.63, 3.8) is 0 Å². The van der Waals surface area contributed by atoms with E-state index in [2.05, 4.69) is 20.4 Å². The lowest BCUT2D eigenvalue weighted by Crippen LogP contribution is -2.07. The molecule has 0 fully saturated rings. The molecule has 0 bridgehead atoms. The summed E-state index contributed by atoms with van der Waals surface area (Å²) < 4.78 is 18.1. The molecule has 128 valence electrons. The number of anilines is 1. The van der Waals surface area contributed by atoms with E-state index in [1.165, 1.54) is 30.5 Å². The average Bonchev–Trinajstić information content (AvgIpc) is 3.08. The Labute approximate surface area is 141 Å². The van der Waals surface area contributed by atoms with Gasteiger partial charge in [-0.3, -0.25) is 10.1 Å². The number of pyridine rings is 1. The fourth-order valence-corrected chi connectivity index (χ4v) is 2.20. The number of benzene rings is 1. The maximum Gasteiger partial charge on any atom is 0.311 e. The number of aromatic nitrogens is 3. The van der Waals surface area contributed by atoms with Gasteiger partial charge in [-0.1, -0.05) is 5.16 Å². The van der Waals surface area contributed by atoms with Crippen molar-refractivity contribution >= 4 is 11.5 Å². The molecule has 0 saturated heterocycles. The van der Waals surface area contributed by atoms with E-state index in [0.29, 0.717) is 36.7 Å². The number of hydrogen-bond acceptors (Lipinski definition) is 7. The molecule has 0 aliphatic carbocycles. The van der Waals surface area contributed by atoms with Crippen LogP contribution in [-0.2, 0) is 6.42 Å². The van der Waals surface area contributed by atoms with Crippen molar-refractivity contribution in [1.29, 1.82) is 0 Å². The van der Waals surface area contributed by atoms with Gasteiger partial charge in [0, 0.05) is 30.8 Å². The Balaban J connectivity index is 1.53. The molecule has 1 N–H and O–H groups in total. The van der Waals surface area contributed by atoms with Crippen LogP contribution in [0.3, 0.4) is 0 Å². The van der Waals surface area contributed by atoms with Crippen LogP contribution in [0.4, 0.5) is 15.9 Å². The highest BCUT2D eigenvalue weighted by Crippen LogP contribution is 2.20. The van der Waals surface area contributed by atoms with Gasteiger partial charge in [-0.15, -0.1) is 0 Å². The molecule has 0 saturated carbocycles. The summed E-state index contributed by atoms with van der Waals surface area (Å²) in [5.41, 5.74) is 0.595. The van der Waals surface area contributed by atoms with Gasteiger partial charge in [0.25, 0.3) is 0 Å². The molecule has 8 nitrogen and oxygen atoms in total. The van der Waals surface area contributed by atoms with Crippen molar-refractivity contribution < 1.29 is 13.8 Å². The largest absolute Gasteiger partial charge is 0.364 e. The molecule has 3 aromatic rings. The summed E-state index contributed by atoms with van der Waals surface area (Å²) in [4.78, 5) is 18.6. The predicted molar refractivity (Wildman–Crippen MR) is 87.4 cm³/mol. The molecule has 2 aromatic heterocycles. The van der Waals surface area contributed by atoms with Crippen molar-refractivity contribution in [2.75, 3.05) is 11.9 Å². The molecule has 0 unspecified atom stereocenters. The Morgan fingerprint density at radius 3 is 2.80 bits per heavy atom. The molecule has 1 aromatic carbocycles. The lowest BCUT2D eigenvalue weighted by Gasteiger charge is -2.04. The van der Waals surface area contributed by atoms with Gasteiger partial charge in [0.1, 0.15) is 5.82 Å². The average molecular weight is 343 g/mol. The Hall–Kier alpha value is -3.36. The predicted octanol–water partition coefficient (Wildman–Crippen LogP) is 3.22. The number of aryl methyl sites for hydroxylation is 1. The Morgan fingerprint density at radius 1 is 1.24 bits per heavy atom. The van der Waals surface area contributed by atoms with E-state index in [1.54, 1.807) is 12.1 Å². The molecule has 0 aliphatic rings. The normalized spacial score (nSPS) is 10.6. The van der Waals surface area contributed by atoms with E-state index >= 15 is 0 Å². The summed E-state index contributed by atoms with van der Waals surface area (Å²) in [5, 5.41) is 17.7. The third-order valence-corrected chi connectivity index (χ3v) is 3.41. The van der Waals surface area contributed by atoms with Crippen LogP contribution in [0.5, 0.6) is 0 Å². The lowest BCUT2D eigenvalue weighted by molar-refractivity contribution is -0.384. The minimum atomic E-state index is -0.484. The number of rotatable bonds is 7. The van der Waals surface area contributed by atoms with Crippen LogP contribution >= 0.6 is 0 Å². The van der Waals surface area contributed by atoms with Gasteiger partial charge in [0.15, 0.2) is 0 Å². The third-order valence-electron chi connectivity index (χ3n) is 3.41. The van der Waals surface area contributed by atoms with E-state index in [1.807, 2.05) is 0 Å². The first-order chi connectivity index (χ1) is 12.1.